The molecule has 3 aliphatic rings. The molecule has 3 rings (SSSR count). The van der Waals surface area contributed by atoms with Crippen LogP contribution in [0.5, 0.6) is 0 Å². The molecule has 0 aliphatic carbocycles. The molecule has 0 radical (unpaired) electrons. The minimum absolute atomic E-state index is 0.00268. The van der Waals surface area contributed by atoms with Gasteiger partial charge in [-0.1, -0.05) is 13.8 Å². The molecule has 0 aromatic heterocycles. The molecular formula is C18H29N3O4S. The molecule has 0 aromatic carbocycles. The van der Waals surface area contributed by atoms with Crippen LogP contribution in [-0.2, 0) is 14.4 Å². The number of rotatable bonds is 5. The van der Waals surface area contributed by atoms with Crippen molar-refractivity contribution in [3.05, 3.63) is 10.6 Å². The Labute approximate surface area is 159 Å². The van der Waals surface area contributed by atoms with Gasteiger partial charge in [0.05, 0.1) is 12.0 Å². The van der Waals surface area contributed by atoms with Crippen LogP contribution in [-0.4, -0.2) is 52.8 Å². The number of carboxylic acid groups (broad SMARTS) is 1. The first-order chi connectivity index (χ1) is 12.2. The molecule has 5 atom stereocenters. The van der Waals surface area contributed by atoms with Gasteiger partial charge < -0.3 is 25.9 Å². The van der Waals surface area contributed by atoms with Crippen molar-refractivity contribution in [2.24, 2.45) is 23.5 Å². The molecule has 3 aliphatic heterocycles. The number of Topliss-reactive ketones (excluding diaryl/α,β-unsaturated/α-hetero) is 1. The molecule has 26 heavy (non-hydrogen) atoms. The smallest absolute Gasteiger partial charge is 0.353 e. The fraction of sp³-hybridized carbons (Fsp3) is 0.722. The monoisotopic (exact) mass is 383 g/mol. The summed E-state index contributed by atoms with van der Waals surface area (Å²) in [6.07, 6.45) is 2.93. The van der Waals surface area contributed by atoms with Crippen molar-refractivity contribution in [2.45, 2.75) is 52.1 Å². The number of ketones is 1. The second-order valence-corrected chi connectivity index (χ2v) is 7.95. The van der Waals surface area contributed by atoms with Crippen molar-refractivity contribution >= 4 is 30.3 Å². The zero-order valence-corrected chi connectivity index (χ0v) is 16.5. The van der Waals surface area contributed by atoms with Crippen LogP contribution in [0.1, 0.15) is 40.0 Å². The van der Waals surface area contributed by atoms with Crippen LogP contribution in [0, 0.1) is 17.8 Å². The summed E-state index contributed by atoms with van der Waals surface area (Å²) in [6.45, 7) is 7.21. The molecule has 0 bridgehead atoms. The molecule has 146 valence electrons. The van der Waals surface area contributed by atoms with Gasteiger partial charge in [0, 0.05) is 29.8 Å². The lowest BCUT2D eigenvalue weighted by Gasteiger charge is -2.47. The third kappa shape index (κ3) is 3.97. The number of amides is 1. The van der Waals surface area contributed by atoms with Gasteiger partial charge in [-0.25, -0.2) is 4.79 Å². The van der Waals surface area contributed by atoms with Crippen LogP contribution in [0.25, 0.3) is 0 Å². The largest absolute Gasteiger partial charge is 0.477 e. The summed E-state index contributed by atoms with van der Waals surface area (Å²) in [5.41, 5.74) is 5.37. The Balaban J connectivity index is 0.000000290. The predicted octanol–water partition coefficient (Wildman–Crippen LogP) is 1.00. The van der Waals surface area contributed by atoms with E-state index in [9.17, 15) is 14.4 Å². The van der Waals surface area contributed by atoms with E-state index < -0.39 is 5.97 Å². The summed E-state index contributed by atoms with van der Waals surface area (Å²) >= 11 is 4.24. The molecule has 1 amide bonds. The van der Waals surface area contributed by atoms with Crippen LogP contribution < -0.4 is 11.1 Å². The van der Waals surface area contributed by atoms with Crippen molar-refractivity contribution < 1.29 is 19.5 Å². The number of nitrogens with one attached hydrogen (secondary N) is 1. The van der Waals surface area contributed by atoms with Crippen molar-refractivity contribution in [1.29, 1.82) is 0 Å². The molecule has 7 nitrogen and oxygen atoms in total. The molecule has 0 unspecified atom stereocenters. The van der Waals surface area contributed by atoms with Gasteiger partial charge in [0.1, 0.15) is 11.5 Å². The van der Waals surface area contributed by atoms with Crippen molar-refractivity contribution in [1.82, 2.24) is 10.2 Å². The number of β-lactam (4-membered cyclic amide) rings is 1. The Bertz CT molecular complexity index is 616. The van der Waals surface area contributed by atoms with Crippen LogP contribution in [0.3, 0.4) is 0 Å². The van der Waals surface area contributed by atoms with Crippen LogP contribution in [0.15, 0.2) is 10.6 Å². The maximum atomic E-state index is 12.2. The average molecular weight is 384 g/mol. The summed E-state index contributed by atoms with van der Waals surface area (Å²) in [6, 6.07) is 0.459. The topological polar surface area (TPSA) is 113 Å². The van der Waals surface area contributed by atoms with E-state index in [4.69, 9.17) is 10.8 Å². The molecular weight excluding hydrogens is 354 g/mol. The zero-order valence-electron chi connectivity index (χ0n) is 15.6. The molecule has 0 spiro atoms. The van der Waals surface area contributed by atoms with Crippen LogP contribution in [0.4, 0.5) is 0 Å². The number of fused-ring (bicyclic) bond motifs is 1. The average Bonchev–Trinajstić information content (AvgIpc) is 3.15. The Kier molecular flexibility index (Phi) is 6.87. The highest BCUT2D eigenvalue weighted by molar-refractivity contribution is 7.84. The van der Waals surface area contributed by atoms with E-state index in [1.165, 1.54) is 31.2 Å². The SMILES string of the molecule is CC(=O)C[C@H](C)[C@H]1C(=O)N2C(C(=O)O)=C(S)[C@H](C)[C@@H]12.NC[C@@H]1CCCN1. The van der Waals surface area contributed by atoms with E-state index in [0.717, 1.165) is 6.54 Å². The van der Waals surface area contributed by atoms with Crippen molar-refractivity contribution in [3.63, 3.8) is 0 Å². The number of nitrogens with two attached hydrogens (primary N) is 1. The quantitative estimate of drug-likeness (QED) is 0.416. The van der Waals surface area contributed by atoms with Gasteiger partial charge in [-0.3, -0.25) is 4.79 Å². The lowest BCUT2D eigenvalue weighted by atomic mass is 9.73. The maximum absolute atomic E-state index is 12.2. The van der Waals surface area contributed by atoms with Crippen LogP contribution >= 0.6 is 12.6 Å². The summed E-state index contributed by atoms with van der Waals surface area (Å²) in [5, 5.41) is 12.4. The Hall–Kier alpha value is -1.38. The normalized spacial score (nSPS) is 31.1. The molecule has 8 heteroatoms. The number of hydrogen-bond acceptors (Lipinski definition) is 6. The first-order valence-corrected chi connectivity index (χ1v) is 9.57. The first kappa shape index (κ1) is 20.9. The van der Waals surface area contributed by atoms with Crippen molar-refractivity contribution in [3.8, 4) is 0 Å². The van der Waals surface area contributed by atoms with Crippen molar-refractivity contribution in [2.75, 3.05) is 13.1 Å². The van der Waals surface area contributed by atoms with Gasteiger partial charge in [0.25, 0.3) is 0 Å². The lowest BCUT2D eigenvalue weighted by Crippen LogP contribution is -2.62. The number of carbonyl (C=O) groups is 3. The highest BCUT2D eigenvalue weighted by Gasteiger charge is 2.59. The summed E-state index contributed by atoms with van der Waals surface area (Å²) in [5.74, 6) is -1.72. The van der Waals surface area contributed by atoms with E-state index in [0.29, 0.717) is 17.4 Å². The van der Waals surface area contributed by atoms with Gasteiger partial charge in [0.2, 0.25) is 5.91 Å². The molecule has 0 aromatic rings. The lowest BCUT2D eigenvalue weighted by molar-refractivity contribution is -0.160. The number of carbonyl (C=O) groups excluding carboxylic acids is 2. The van der Waals surface area contributed by atoms with E-state index in [1.807, 2.05) is 13.8 Å². The number of nitrogens with zero attached hydrogens (tertiary/aromatic N) is 1. The second-order valence-electron chi connectivity index (χ2n) is 7.46. The highest BCUT2D eigenvalue weighted by atomic mass is 32.1. The first-order valence-electron chi connectivity index (χ1n) is 9.13. The molecule has 0 saturated carbocycles. The van der Waals surface area contributed by atoms with Gasteiger partial charge in [0.15, 0.2) is 0 Å². The predicted molar refractivity (Wildman–Crippen MR) is 101 cm³/mol. The van der Waals surface area contributed by atoms with E-state index in [-0.39, 0.29) is 41.2 Å². The second kappa shape index (κ2) is 8.54. The van der Waals surface area contributed by atoms with E-state index in [1.54, 1.807) is 0 Å². The molecule has 2 saturated heterocycles. The number of aliphatic carboxylic acids is 1. The molecule has 4 N–H and O–H groups in total. The minimum Gasteiger partial charge on any atom is -0.477 e. The Morgan fingerprint density at radius 1 is 1.46 bits per heavy atom. The Morgan fingerprint density at radius 2 is 2.12 bits per heavy atom. The minimum atomic E-state index is -1.12. The molecule has 3 heterocycles. The fourth-order valence-corrected chi connectivity index (χ4v) is 4.51. The third-order valence-electron chi connectivity index (χ3n) is 5.49. The van der Waals surface area contributed by atoms with Gasteiger partial charge in [-0.05, 0) is 32.2 Å². The molecule has 2 fully saturated rings. The number of carboxylic acids is 1. The summed E-state index contributed by atoms with van der Waals surface area (Å²) < 4.78 is 0. The zero-order chi connectivity index (χ0) is 19.6. The van der Waals surface area contributed by atoms with Crippen LogP contribution in [0.2, 0.25) is 0 Å². The van der Waals surface area contributed by atoms with E-state index in [2.05, 4.69) is 17.9 Å². The summed E-state index contributed by atoms with van der Waals surface area (Å²) in [4.78, 5) is 36.3. The fourth-order valence-electron chi connectivity index (χ4n) is 4.16. The van der Waals surface area contributed by atoms with Gasteiger partial charge >= 0.3 is 5.97 Å². The maximum Gasteiger partial charge on any atom is 0.353 e. The highest BCUT2D eigenvalue weighted by Crippen LogP contribution is 2.49. The van der Waals surface area contributed by atoms with Gasteiger partial charge in [-0.2, -0.15) is 0 Å². The summed E-state index contributed by atoms with van der Waals surface area (Å²) in [7, 11) is 0. The van der Waals surface area contributed by atoms with Gasteiger partial charge in [-0.15, -0.1) is 12.6 Å². The Morgan fingerprint density at radius 3 is 2.54 bits per heavy atom. The number of hydrogen-bond donors (Lipinski definition) is 4. The standard InChI is InChI=1S/C13H17NO4S.C5H12N2/c1-5(4-6(2)15)8-9-7(3)11(19)10(13(17)18)14(9)12(8)16;6-4-5-2-1-3-7-5/h5,7-9,19H,4H2,1-3H3,(H,17,18);5,7H,1-4,6H2/t5-,7+,8+,9-;5-/m00/s1. The third-order valence-corrected chi connectivity index (χ3v) is 6.11. The van der Waals surface area contributed by atoms with E-state index >= 15 is 0 Å². The number of thiol groups is 1.